The Bertz CT molecular complexity index is 1160. The van der Waals surface area contributed by atoms with Crippen molar-refractivity contribution >= 4 is 22.6 Å². The van der Waals surface area contributed by atoms with Crippen molar-refractivity contribution in [3.8, 4) is 0 Å². The molecule has 2 aliphatic heterocycles. The zero-order valence-corrected chi connectivity index (χ0v) is 17.9. The molecule has 0 saturated carbocycles. The van der Waals surface area contributed by atoms with Crippen LogP contribution in [0.25, 0.3) is 16.7 Å². The molecule has 5 rings (SSSR count). The van der Waals surface area contributed by atoms with Crippen LogP contribution in [0.4, 0.5) is 0 Å². The average molecular weight is 425 g/mol. The number of hydrogen-bond acceptors (Lipinski definition) is 6. The van der Waals surface area contributed by atoms with E-state index in [2.05, 4.69) is 15.1 Å². The summed E-state index contributed by atoms with van der Waals surface area (Å²) in [6, 6.07) is 7.60. The predicted molar refractivity (Wildman–Crippen MR) is 116 cm³/mol. The molecule has 2 aliphatic rings. The molecule has 9 nitrogen and oxygen atoms in total. The Labute approximate surface area is 180 Å². The van der Waals surface area contributed by atoms with Crippen LogP contribution < -0.4 is 5.56 Å². The zero-order valence-electron chi connectivity index (χ0n) is 17.9. The molecule has 2 aromatic heterocycles. The van der Waals surface area contributed by atoms with Crippen molar-refractivity contribution in [1.29, 1.82) is 0 Å². The fraction of sp³-hybridized carbons (Fsp3) is 0.545. The normalized spacial score (nSPS) is 20.5. The summed E-state index contributed by atoms with van der Waals surface area (Å²) in [5.74, 6) is 1.62. The highest BCUT2D eigenvalue weighted by Gasteiger charge is 2.30. The SMILES string of the molecule is CCn1c(=O)c2ccccc2n2c(CN3CCCC(C(=O)N4CCOCC4)C3)nnc12. The fourth-order valence-corrected chi connectivity index (χ4v) is 4.84. The maximum atomic E-state index is 13.0. The number of piperidine rings is 1. The summed E-state index contributed by atoms with van der Waals surface area (Å²) < 4.78 is 9.05. The summed E-state index contributed by atoms with van der Waals surface area (Å²) in [6.07, 6.45) is 1.91. The monoisotopic (exact) mass is 424 g/mol. The second-order valence-corrected chi connectivity index (χ2v) is 8.33. The van der Waals surface area contributed by atoms with E-state index in [1.165, 1.54) is 0 Å². The van der Waals surface area contributed by atoms with E-state index >= 15 is 0 Å². The smallest absolute Gasteiger partial charge is 0.262 e. The third kappa shape index (κ3) is 3.61. The van der Waals surface area contributed by atoms with Crippen LogP contribution in [0.5, 0.6) is 0 Å². The van der Waals surface area contributed by atoms with Crippen molar-refractivity contribution in [3.63, 3.8) is 0 Å². The highest BCUT2D eigenvalue weighted by Crippen LogP contribution is 2.22. The molecule has 1 amide bonds. The van der Waals surface area contributed by atoms with Gasteiger partial charge in [-0.25, -0.2) is 0 Å². The third-order valence-corrected chi connectivity index (χ3v) is 6.43. The first kappa shape index (κ1) is 20.1. The number of fused-ring (bicyclic) bond motifs is 3. The van der Waals surface area contributed by atoms with Gasteiger partial charge in [0, 0.05) is 26.2 Å². The molecule has 1 aromatic carbocycles. The number of carbonyl (C=O) groups excluding carboxylic acids is 1. The Balaban J connectivity index is 1.43. The molecule has 164 valence electrons. The van der Waals surface area contributed by atoms with Gasteiger partial charge in [-0.15, -0.1) is 10.2 Å². The van der Waals surface area contributed by atoms with Gasteiger partial charge in [0.15, 0.2) is 5.82 Å². The average Bonchev–Trinajstić information content (AvgIpc) is 3.23. The van der Waals surface area contributed by atoms with Crippen LogP contribution in [-0.2, 0) is 22.6 Å². The quantitative estimate of drug-likeness (QED) is 0.624. The lowest BCUT2D eigenvalue weighted by Gasteiger charge is -2.35. The number of para-hydroxylation sites is 1. The molecule has 31 heavy (non-hydrogen) atoms. The first-order chi connectivity index (χ1) is 15.2. The number of hydrogen-bond donors (Lipinski definition) is 0. The van der Waals surface area contributed by atoms with Crippen LogP contribution in [-0.4, -0.2) is 74.3 Å². The summed E-state index contributed by atoms with van der Waals surface area (Å²) in [7, 11) is 0. The Hall–Kier alpha value is -2.78. The van der Waals surface area contributed by atoms with Crippen molar-refractivity contribution in [2.45, 2.75) is 32.9 Å². The standard InChI is InChI=1S/C22H28N6O3/c1-2-27-21(30)17-7-3-4-8-18(17)28-19(23-24-22(27)28)15-25-9-5-6-16(14-25)20(29)26-10-12-31-13-11-26/h3-4,7-8,16H,2,5-6,9-15H2,1H3. The van der Waals surface area contributed by atoms with E-state index < -0.39 is 0 Å². The summed E-state index contributed by atoms with van der Waals surface area (Å²) >= 11 is 0. The number of aryl methyl sites for hydroxylation is 1. The Morgan fingerprint density at radius 2 is 1.97 bits per heavy atom. The minimum atomic E-state index is -0.0429. The number of amides is 1. The second kappa shape index (κ2) is 8.39. The number of rotatable bonds is 4. The lowest BCUT2D eigenvalue weighted by atomic mass is 9.96. The van der Waals surface area contributed by atoms with Crippen LogP contribution >= 0.6 is 0 Å². The van der Waals surface area contributed by atoms with E-state index in [1.54, 1.807) is 4.57 Å². The van der Waals surface area contributed by atoms with Crippen molar-refractivity contribution in [2.24, 2.45) is 5.92 Å². The van der Waals surface area contributed by atoms with Gasteiger partial charge in [-0.1, -0.05) is 12.1 Å². The van der Waals surface area contributed by atoms with Gasteiger partial charge < -0.3 is 9.64 Å². The lowest BCUT2D eigenvalue weighted by molar-refractivity contribution is -0.141. The van der Waals surface area contributed by atoms with Gasteiger partial charge in [0.25, 0.3) is 5.56 Å². The van der Waals surface area contributed by atoms with E-state index in [4.69, 9.17) is 4.74 Å². The largest absolute Gasteiger partial charge is 0.378 e. The molecule has 0 bridgehead atoms. The molecule has 1 unspecified atom stereocenters. The summed E-state index contributed by atoms with van der Waals surface area (Å²) in [5.41, 5.74) is 0.781. The highest BCUT2D eigenvalue weighted by molar-refractivity contribution is 5.80. The van der Waals surface area contributed by atoms with E-state index in [9.17, 15) is 9.59 Å². The van der Waals surface area contributed by atoms with E-state index in [-0.39, 0.29) is 17.4 Å². The molecule has 2 fully saturated rings. The molecular weight excluding hydrogens is 396 g/mol. The number of carbonyl (C=O) groups is 1. The van der Waals surface area contributed by atoms with Crippen LogP contribution in [0.2, 0.25) is 0 Å². The second-order valence-electron chi connectivity index (χ2n) is 8.33. The molecule has 0 N–H and O–H groups in total. The number of morpholine rings is 1. The molecule has 4 heterocycles. The van der Waals surface area contributed by atoms with Crippen molar-refractivity contribution < 1.29 is 9.53 Å². The van der Waals surface area contributed by atoms with E-state index in [0.717, 1.165) is 37.3 Å². The lowest BCUT2D eigenvalue weighted by Crippen LogP contribution is -2.48. The van der Waals surface area contributed by atoms with Gasteiger partial charge in [0.1, 0.15) is 0 Å². The van der Waals surface area contributed by atoms with Gasteiger partial charge >= 0.3 is 0 Å². The van der Waals surface area contributed by atoms with Crippen LogP contribution in [0, 0.1) is 5.92 Å². The summed E-state index contributed by atoms with van der Waals surface area (Å²) in [5, 5.41) is 9.47. The minimum Gasteiger partial charge on any atom is -0.378 e. The predicted octanol–water partition coefficient (Wildman–Crippen LogP) is 1.13. The Morgan fingerprint density at radius 1 is 1.16 bits per heavy atom. The zero-order chi connectivity index (χ0) is 21.4. The number of ether oxygens (including phenoxy) is 1. The van der Waals surface area contributed by atoms with Crippen molar-refractivity contribution in [1.82, 2.24) is 29.0 Å². The van der Waals surface area contributed by atoms with Gasteiger partial charge in [-0.2, -0.15) is 0 Å². The topological polar surface area (TPSA) is 85.0 Å². The van der Waals surface area contributed by atoms with Gasteiger partial charge in [0.2, 0.25) is 11.7 Å². The summed E-state index contributed by atoms with van der Waals surface area (Å²) in [6.45, 7) is 7.33. The number of aromatic nitrogens is 4. The molecule has 0 aliphatic carbocycles. The van der Waals surface area contributed by atoms with Gasteiger partial charge in [0.05, 0.1) is 36.6 Å². The molecule has 3 aromatic rings. The van der Waals surface area contributed by atoms with Crippen LogP contribution in [0.3, 0.4) is 0 Å². The molecule has 0 radical (unpaired) electrons. The molecule has 9 heteroatoms. The molecular formula is C22H28N6O3. The maximum Gasteiger partial charge on any atom is 0.262 e. The van der Waals surface area contributed by atoms with Crippen molar-refractivity contribution in [2.75, 3.05) is 39.4 Å². The third-order valence-electron chi connectivity index (χ3n) is 6.43. The van der Waals surface area contributed by atoms with E-state index in [0.29, 0.717) is 50.6 Å². The first-order valence-electron chi connectivity index (χ1n) is 11.1. The van der Waals surface area contributed by atoms with Gasteiger partial charge in [-0.3, -0.25) is 23.5 Å². The van der Waals surface area contributed by atoms with Crippen molar-refractivity contribution in [3.05, 3.63) is 40.4 Å². The number of likely N-dealkylation sites (tertiary alicyclic amines) is 1. The highest BCUT2D eigenvalue weighted by atomic mass is 16.5. The maximum absolute atomic E-state index is 13.0. The van der Waals surface area contributed by atoms with Crippen LogP contribution in [0.1, 0.15) is 25.6 Å². The Kier molecular flexibility index (Phi) is 5.45. The molecule has 1 atom stereocenters. The summed E-state index contributed by atoms with van der Waals surface area (Å²) in [4.78, 5) is 30.1. The molecule has 0 spiro atoms. The number of benzene rings is 1. The van der Waals surface area contributed by atoms with Crippen LogP contribution in [0.15, 0.2) is 29.1 Å². The molecule has 2 saturated heterocycles. The minimum absolute atomic E-state index is 0.0107. The van der Waals surface area contributed by atoms with E-state index in [1.807, 2.05) is 40.5 Å². The Morgan fingerprint density at radius 3 is 2.77 bits per heavy atom. The first-order valence-corrected chi connectivity index (χ1v) is 11.1. The van der Waals surface area contributed by atoms with Gasteiger partial charge in [-0.05, 0) is 38.4 Å². The fourth-order valence-electron chi connectivity index (χ4n) is 4.84. The number of nitrogens with zero attached hydrogens (tertiary/aromatic N) is 6.